The van der Waals surface area contributed by atoms with E-state index in [1.165, 1.54) is 0 Å². The average molecular weight is 571 g/mol. The molecule has 2 saturated carbocycles. The van der Waals surface area contributed by atoms with Gasteiger partial charge in [-0.3, -0.25) is 14.4 Å². The van der Waals surface area contributed by atoms with Gasteiger partial charge in [0.25, 0.3) is 6.47 Å². The van der Waals surface area contributed by atoms with E-state index < -0.39 is 18.8 Å². The van der Waals surface area contributed by atoms with E-state index in [-0.39, 0.29) is 25.7 Å². The average Bonchev–Trinajstić information content (AvgIpc) is 3.70. The smallest absolute Gasteiger partial charge is 0.483 e. The van der Waals surface area contributed by atoms with Crippen molar-refractivity contribution in [3.63, 3.8) is 0 Å². The maximum atomic E-state index is 11.4. The minimum absolute atomic E-state index is 0. The third-order valence-electron chi connectivity index (χ3n) is 4.51. The molecular formula is C22H40F6N4O6. The normalized spacial score (nSPS) is 13.7. The van der Waals surface area contributed by atoms with Crippen LogP contribution in [0.3, 0.4) is 0 Å². The van der Waals surface area contributed by atoms with E-state index >= 15 is 0 Å². The SMILES string of the molecule is C.FC(F)F.O=C(NCCCNCCCNCCCNC(=O)C1CC1)C1CC1.O=C(O)C(F)(F)F.O=CO. The van der Waals surface area contributed by atoms with E-state index in [0.29, 0.717) is 11.8 Å². The summed E-state index contributed by atoms with van der Waals surface area (Å²) in [5.74, 6) is -1.65. The Labute approximate surface area is 218 Å². The zero-order valence-corrected chi connectivity index (χ0v) is 20.3. The number of carboxylic acids is 1. The largest absolute Gasteiger partial charge is 0.490 e. The van der Waals surface area contributed by atoms with Crippen LogP contribution in [0.25, 0.3) is 0 Å². The van der Waals surface area contributed by atoms with Gasteiger partial charge in [-0.15, -0.1) is 0 Å². The van der Waals surface area contributed by atoms with E-state index in [2.05, 4.69) is 21.3 Å². The molecule has 0 aromatic carbocycles. The number of carbonyl (C=O) groups excluding carboxylic acids is 2. The van der Waals surface area contributed by atoms with E-state index in [1.54, 1.807) is 0 Å². The Morgan fingerprint density at radius 3 is 1.21 bits per heavy atom. The molecule has 2 aliphatic carbocycles. The number of hydrogen-bond donors (Lipinski definition) is 6. The number of aliphatic carboxylic acids is 1. The van der Waals surface area contributed by atoms with Crippen LogP contribution in [0.4, 0.5) is 26.3 Å². The molecule has 0 spiro atoms. The fourth-order valence-corrected chi connectivity index (χ4v) is 2.42. The van der Waals surface area contributed by atoms with E-state index in [1.807, 2.05) is 0 Å². The Morgan fingerprint density at radius 2 is 1.00 bits per heavy atom. The van der Waals surface area contributed by atoms with Gasteiger partial charge < -0.3 is 31.5 Å². The molecule has 2 fully saturated rings. The second-order valence-electron chi connectivity index (χ2n) is 7.85. The summed E-state index contributed by atoms with van der Waals surface area (Å²) in [5, 5.41) is 26.7. The highest BCUT2D eigenvalue weighted by atomic mass is 19.4. The predicted octanol–water partition coefficient (Wildman–Crippen LogP) is 2.54. The van der Waals surface area contributed by atoms with Crippen LogP contribution in [-0.2, 0) is 19.2 Å². The number of amides is 2. The molecular weight excluding hydrogens is 530 g/mol. The monoisotopic (exact) mass is 570 g/mol. The predicted molar refractivity (Wildman–Crippen MR) is 127 cm³/mol. The number of alkyl halides is 6. The molecule has 0 radical (unpaired) electrons. The van der Waals surface area contributed by atoms with Gasteiger partial charge in [0.1, 0.15) is 0 Å². The number of nitrogens with one attached hydrogen (secondary N) is 4. The third-order valence-corrected chi connectivity index (χ3v) is 4.51. The second-order valence-corrected chi connectivity index (χ2v) is 7.85. The van der Waals surface area contributed by atoms with E-state index in [4.69, 9.17) is 19.8 Å². The minimum Gasteiger partial charge on any atom is -0.483 e. The van der Waals surface area contributed by atoms with E-state index in [0.717, 1.165) is 84.2 Å². The summed E-state index contributed by atoms with van der Waals surface area (Å²) in [6.07, 6.45) is 2.30. The molecule has 0 aromatic heterocycles. The van der Waals surface area contributed by atoms with Crippen LogP contribution >= 0.6 is 0 Å². The van der Waals surface area contributed by atoms with Gasteiger partial charge in [0.2, 0.25) is 11.8 Å². The van der Waals surface area contributed by atoms with Crippen molar-refractivity contribution in [3.8, 4) is 0 Å². The Hall–Kier alpha value is -2.62. The van der Waals surface area contributed by atoms with Crippen molar-refractivity contribution in [2.45, 2.75) is 65.2 Å². The van der Waals surface area contributed by atoms with Crippen LogP contribution in [0.15, 0.2) is 0 Å². The maximum Gasteiger partial charge on any atom is 0.490 e. The van der Waals surface area contributed by atoms with Crippen molar-refractivity contribution in [2.75, 3.05) is 39.3 Å². The lowest BCUT2D eigenvalue weighted by molar-refractivity contribution is -0.192. The number of halogens is 6. The highest BCUT2D eigenvalue weighted by Gasteiger charge is 2.38. The van der Waals surface area contributed by atoms with Gasteiger partial charge in [0, 0.05) is 24.9 Å². The molecule has 16 heteroatoms. The molecule has 0 unspecified atom stereocenters. The third kappa shape index (κ3) is 31.4. The highest BCUT2D eigenvalue weighted by molar-refractivity contribution is 5.81. The van der Waals surface area contributed by atoms with Crippen molar-refractivity contribution >= 4 is 24.3 Å². The molecule has 0 aliphatic heterocycles. The van der Waals surface area contributed by atoms with Crippen LogP contribution in [0.1, 0.15) is 52.4 Å². The van der Waals surface area contributed by atoms with Crippen LogP contribution < -0.4 is 21.3 Å². The summed E-state index contributed by atoms with van der Waals surface area (Å²) in [6.45, 7) is 1.57. The van der Waals surface area contributed by atoms with Crippen molar-refractivity contribution in [1.29, 1.82) is 0 Å². The molecule has 6 N–H and O–H groups in total. The van der Waals surface area contributed by atoms with Crippen molar-refractivity contribution in [2.24, 2.45) is 11.8 Å². The lowest BCUT2D eigenvalue weighted by atomic mass is 10.3. The maximum absolute atomic E-state index is 11.4. The van der Waals surface area contributed by atoms with Crippen LogP contribution in [0.2, 0.25) is 0 Å². The molecule has 2 aliphatic rings. The van der Waals surface area contributed by atoms with Gasteiger partial charge in [-0.1, -0.05) is 7.43 Å². The summed E-state index contributed by atoms with van der Waals surface area (Å²) in [5.41, 5.74) is 0. The Kier molecular flexibility index (Phi) is 25.9. The first-order valence-corrected chi connectivity index (χ1v) is 11.6. The van der Waals surface area contributed by atoms with Gasteiger partial charge in [-0.05, 0) is 71.1 Å². The zero-order valence-electron chi connectivity index (χ0n) is 20.3. The Bertz CT molecular complexity index is 599. The minimum atomic E-state index is -5.08. The molecule has 2 rings (SSSR count). The van der Waals surface area contributed by atoms with Crippen LogP contribution in [-0.4, -0.2) is 86.6 Å². The fraction of sp³-hybridized carbons (Fsp3) is 0.818. The fourth-order valence-electron chi connectivity index (χ4n) is 2.42. The first-order chi connectivity index (χ1) is 17.4. The van der Waals surface area contributed by atoms with Gasteiger partial charge in [-0.25, -0.2) is 4.79 Å². The molecule has 2 amide bonds. The van der Waals surface area contributed by atoms with Crippen molar-refractivity contribution < 1.29 is 55.7 Å². The number of carboxylic acid groups (broad SMARTS) is 2. The first-order valence-electron chi connectivity index (χ1n) is 11.6. The van der Waals surface area contributed by atoms with Gasteiger partial charge in [0.05, 0.1) is 0 Å². The molecule has 38 heavy (non-hydrogen) atoms. The number of rotatable bonds is 14. The van der Waals surface area contributed by atoms with Gasteiger partial charge in [0.15, 0.2) is 0 Å². The van der Waals surface area contributed by atoms with Gasteiger partial charge >= 0.3 is 18.8 Å². The standard InChI is InChI=1S/C17H32N4O2.C2HF3O2.CHF3.CH2O2.CH4/c22-16(14-4-5-14)20-12-2-10-18-8-1-9-19-11-3-13-21-17(23)15-6-7-15;3-2(4,5)1(6)7;2-1(3)4;2-1-3;/h14-15,18-19H,1-13H2,(H,20,22)(H,21,23);(H,6,7);1H;1H,(H,2,3);1H4. The molecule has 226 valence electrons. The summed E-state index contributed by atoms with van der Waals surface area (Å²) >= 11 is 0. The highest BCUT2D eigenvalue weighted by Crippen LogP contribution is 2.29. The van der Waals surface area contributed by atoms with Crippen molar-refractivity contribution in [1.82, 2.24) is 21.3 Å². The first kappa shape index (κ1) is 39.9. The topological polar surface area (TPSA) is 157 Å². The number of hydrogen-bond acceptors (Lipinski definition) is 6. The molecule has 0 saturated heterocycles. The van der Waals surface area contributed by atoms with Crippen LogP contribution in [0.5, 0.6) is 0 Å². The summed E-state index contributed by atoms with van der Waals surface area (Å²) in [7, 11) is 0. The molecule has 10 nitrogen and oxygen atoms in total. The van der Waals surface area contributed by atoms with Gasteiger partial charge in [-0.2, -0.15) is 26.3 Å². The second kappa shape index (κ2) is 24.7. The summed E-state index contributed by atoms with van der Waals surface area (Å²) < 4.78 is 60.7. The quantitative estimate of drug-likeness (QED) is 0.106. The molecule has 0 aromatic rings. The van der Waals surface area contributed by atoms with Crippen molar-refractivity contribution in [3.05, 3.63) is 0 Å². The molecule has 0 heterocycles. The van der Waals surface area contributed by atoms with Crippen LogP contribution in [0, 0.1) is 11.8 Å². The molecule has 0 atom stereocenters. The van der Waals surface area contributed by atoms with E-state index in [9.17, 15) is 35.9 Å². The lowest BCUT2D eigenvalue weighted by Crippen LogP contribution is -2.30. The molecule has 0 bridgehead atoms. The lowest BCUT2D eigenvalue weighted by Gasteiger charge is -2.08. The number of carbonyl (C=O) groups is 4. The summed E-state index contributed by atoms with van der Waals surface area (Å²) in [4.78, 5) is 40.1. The Morgan fingerprint density at radius 1 is 0.763 bits per heavy atom. The Balaban J connectivity index is -0.000000679. The zero-order chi connectivity index (χ0) is 28.7. The summed E-state index contributed by atoms with van der Waals surface area (Å²) in [6, 6.07) is 0.